The summed E-state index contributed by atoms with van der Waals surface area (Å²) in [5, 5.41) is 0. The minimum Gasteiger partial charge on any atom is -0.491 e. The Kier molecular flexibility index (Phi) is 6.25. The van der Waals surface area contributed by atoms with Crippen LogP contribution in [0.3, 0.4) is 0 Å². The lowest BCUT2D eigenvalue weighted by molar-refractivity contribution is -0.151. The quantitative estimate of drug-likeness (QED) is 0.755. The van der Waals surface area contributed by atoms with E-state index in [-0.39, 0.29) is 18.1 Å². The molecule has 4 heteroatoms. The Hall–Kier alpha value is -1.55. The fraction of sp³-hybridized carbons (Fsp3) is 0.611. The molecule has 0 aromatic heterocycles. The molecule has 122 valence electrons. The van der Waals surface area contributed by atoms with Crippen LogP contribution in [0, 0.1) is 0 Å². The molecule has 0 N–H and O–H groups in total. The molecule has 1 aromatic carbocycles. The topological polar surface area (TPSA) is 38.8 Å². The second-order valence-corrected chi connectivity index (χ2v) is 6.01. The average Bonchev–Trinajstić information content (AvgIpc) is 2.49. The number of carbonyl (C=O) groups is 1. The molecule has 2 rings (SSSR count). The van der Waals surface area contributed by atoms with Gasteiger partial charge in [-0.15, -0.1) is 0 Å². The van der Waals surface area contributed by atoms with E-state index in [2.05, 4.69) is 11.0 Å². The van der Waals surface area contributed by atoms with Gasteiger partial charge in [0.2, 0.25) is 0 Å². The van der Waals surface area contributed by atoms with Crippen LogP contribution >= 0.6 is 0 Å². The zero-order valence-corrected chi connectivity index (χ0v) is 13.9. The molecule has 0 spiro atoms. The van der Waals surface area contributed by atoms with E-state index in [1.165, 1.54) is 0 Å². The van der Waals surface area contributed by atoms with Gasteiger partial charge in [0.05, 0.1) is 12.7 Å². The summed E-state index contributed by atoms with van der Waals surface area (Å²) < 4.78 is 11.1. The van der Waals surface area contributed by atoms with E-state index in [4.69, 9.17) is 9.47 Å². The van der Waals surface area contributed by atoms with Crippen molar-refractivity contribution in [3.8, 4) is 5.75 Å². The van der Waals surface area contributed by atoms with E-state index >= 15 is 0 Å². The maximum Gasteiger partial charge on any atom is 0.323 e. The van der Waals surface area contributed by atoms with Crippen molar-refractivity contribution in [3.63, 3.8) is 0 Å². The van der Waals surface area contributed by atoms with E-state index in [1.54, 1.807) is 0 Å². The van der Waals surface area contributed by atoms with Crippen LogP contribution in [0.4, 0.5) is 0 Å². The van der Waals surface area contributed by atoms with Gasteiger partial charge < -0.3 is 9.47 Å². The highest BCUT2D eigenvalue weighted by molar-refractivity contribution is 5.75. The van der Waals surface area contributed by atoms with Crippen molar-refractivity contribution in [3.05, 3.63) is 29.8 Å². The maximum absolute atomic E-state index is 12.2. The zero-order valence-electron chi connectivity index (χ0n) is 13.9. The third-order valence-corrected chi connectivity index (χ3v) is 3.88. The fourth-order valence-corrected chi connectivity index (χ4v) is 2.91. The van der Waals surface area contributed by atoms with Crippen LogP contribution in [0.5, 0.6) is 5.75 Å². The van der Waals surface area contributed by atoms with E-state index in [1.807, 2.05) is 39.0 Å². The summed E-state index contributed by atoms with van der Waals surface area (Å²) in [6.07, 6.45) is 3.24. The number of benzene rings is 1. The van der Waals surface area contributed by atoms with Crippen LogP contribution in [0.2, 0.25) is 0 Å². The molecule has 0 amide bonds. The van der Waals surface area contributed by atoms with Crippen molar-refractivity contribution < 1.29 is 14.3 Å². The number of piperidine rings is 1. The van der Waals surface area contributed by atoms with Crippen LogP contribution in [-0.2, 0) is 16.1 Å². The number of nitrogens with zero attached hydrogens (tertiary/aromatic N) is 1. The summed E-state index contributed by atoms with van der Waals surface area (Å²) in [5.41, 5.74) is 1.13. The third-order valence-electron chi connectivity index (χ3n) is 3.88. The predicted octanol–water partition coefficient (Wildman–Crippen LogP) is 3.39. The third kappa shape index (κ3) is 4.47. The first-order chi connectivity index (χ1) is 10.6. The highest BCUT2D eigenvalue weighted by Crippen LogP contribution is 2.25. The molecule has 1 saturated heterocycles. The fourth-order valence-electron chi connectivity index (χ4n) is 2.91. The van der Waals surface area contributed by atoms with Crippen LogP contribution in [-0.4, -0.2) is 36.2 Å². The average molecular weight is 305 g/mol. The minimum absolute atomic E-state index is 0.0931. The number of hydrogen-bond acceptors (Lipinski definition) is 4. The maximum atomic E-state index is 12.2. The molecular formula is C18H27NO3. The molecule has 0 radical (unpaired) electrons. The van der Waals surface area contributed by atoms with Gasteiger partial charge in [0.15, 0.2) is 0 Å². The van der Waals surface area contributed by atoms with Crippen LogP contribution in [0.1, 0.15) is 45.6 Å². The van der Waals surface area contributed by atoms with Gasteiger partial charge in [-0.3, -0.25) is 9.69 Å². The van der Waals surface area contributed by atoms with Crippen LogP contribution in [0.25, 0.3) is 0 Å². The van der Waals surface area contributed by atoms with Gasteiger partial charge in [0.1, 0.15) is 11.8 Å². The first-order valence-corrected chi connectivity index (χ1v) is 8.27. The summed E-state index contributed by atoms with van der Waals surface area (Å²) in [5.74, 6) is 0.815. The number of likely N-dealkylation sites (tertiary alicyclic amines) is 1. The van der Waals surface area contributed by atoms with Crippen molar-refractivity contribution in [2.24, 2.45) is 0 Å². The molecule has 1 atom stereocenters. The zero-order chi connectivity index (χ0) is 15.9. The van der Waals surface area contributed by atoms with Gasteiger partial charge in [-0.1, -0.05) is 24.6 Å². The smallest absolute Gasteiger partial charge is 0.323 e. The van der Waals surface area contributed by atoms with Gasteiger partial charge >= 0.3 is 5.97 Å². The SMILES string of the molecule is CCOC(=O)C1CCCCN1Cc1ccccc1OC(C)C. The number of rotatable bonds is 6. The lowest BCUT2D eigenvalue weighted by Gasteiger charge is -2.34. The molecule has 4 nitrogen and oxygen atoms in total. The molecule has 22 heavy (non-hydrogen) atoms. The molecule has 1 heterocycles. The van der Waals surface area contributed by atoms with E-state index in [0.717, 1.165) is 43.7 Å². The second kappa shape index (κ2) is 8.18. The van der Waals surface area contributed by atoms with E-state index in [9.17, 15) is 4.79 Å². The normalized spacial score (nSPS) is 19.2. The second-order valence-electron chi connectivity index (χ2n) is 6.01. The molecule has 0 aliphatic carbocycles. The van der Waals surface area contributed by atoms with E-state index < -0.39 is 0 Å². The highest BCUT2D eigenvalue weighted by atomic mass is 16.5. The van der Waals surface area contributed by atoms with Crippen molar-refractivity contribution in [2.75, 3.05) is 13.2 Å². The Morgan fingerprint density at radius 1 is 1.32 bits per heavy atom. The van der Waals surface area contributed by atoms with Crippen molar-refractivity contribution >= 4 is 5.97 Å². The molecule has 1 unspecified atom stereocenters. The predicted molar refractivity (Wildman–Crippen MR) is 86.9 cm³/mol. The van der Waals surface area contributed by atoms with E-state index in [0.29, 0.717) is 6.61 Å². The van der Waals surface area contributed by atoms with Crippen molar-refractivity contribution in [1.82, 2.24) is 4.90 Å². The largest absolute Gasteiger partial charge is 0.491 e. The molecule has 0 bridgehead atoms. The summed E-state index contributed by atoms with van der Waals surface area (Å²) in [4.78, 5) is 14.4. The lowest BCUT2D eigenvalue weighted by Crippen LogP contribution is -2.45. The number of hydrogen-bond donors (Lipinski definition) is 0. The molecule has 0 saturated carbocycles. The standard InChI is InChI=1S/C18H27NO3/c1-4-21-18(20)16-10-7-8-12-19(16)13-15-9-5-6-11-17(15)22-14(2)3/h5-6,9,11,14,16H,4,7-8,10,12-13H2,1-3H3. The van der Waals surface area contributed by atoms with Crippen molar-refractivity contribution in [2.45, 2.75) is 58.7 Å². The Morgan fingerprint density at radius 3 is 2.82 bits per heavy atom. The van der Waals surface area contributed by atoms with Gasteiger partial charge in [0, 0.05) is 12.1 Å². The first kappa shape index (κ1) is 16.8. The molecule has 1 aliphatic heterocycles. The van der Waals surface area contributed by atoms with Gasteiger partial charge in [0.25, 0.3) is 0 Å². The Balaban J connectivity index is 2.11. The summed E-state index contributed by atoms with van der Waals surface area (Å²) in [6, 6.07) is 7.96. The summed E-state index contributed by atoms with van der Waals surface area (Å²) in [6.45, 7) is 8.01. The molecular weight excluding hydrogens is 278 g/mol. The van der Waals surface area contributed by atoms with Crippen LogP contribution < -0.4 is 4.74 Å². The van der Waals surface area contributed by atoms with Gasteiger partial charge in [-0.05, 0) is 46.2 Å². The van der Waals surface area contributed by atoms with Gasteiger partial charge in [-0.25, -0.2) is 0 Å². The molecule has 1 fully saturated rings. The number of ether oxygens (including phenoxy) is 2. The first-order valence-electron chi connectivity index (χ1n) is 8.27. The highest BCUT2D eigenvalue weighted by Gasteiger charge is 2.30. The Bertz CT molecular complexity index is 487. The Morgan fingerprint density at radius 2 is 2.09 bits per heavy atom. The van der Waals surface area contributed by atoms with Crippen LogP contribution in [0.15, 0.2) is 24.3 Å². The summed E-state index contributed by atoms with van der Waals surface area (Å²) >= 11 is 0. The summed E-state index contributed by atoms with van der Waals surface area (Å²) in [7, 11) is 0. The number of para-hydroxylation sites is 1. The molecule has 1 aliphatic rings. The lowest BCUT2D eigenvalue weighted by atomic mass is 10.0. The van der Waals surface area contributed by atoms with Crippen molar-refractivity contribution in [1.29, 1.82) is 0 Å². The number of esters is 1. The molecule has 1 aromatic rings. The minimum atomic E-state index is -0.124. The Labute approximate surface area is 133 Å². The van der Waals surface area contributed by atoms with Gasteiger partial charge in [-0.2, -0.15) is 0 Å². The monoisotopic (exact) mass is 305 g/mol. The number of carbonyl (C=O) groups excluding carboxylic acids is 1.